The van der Waals surface area contributed by atoms with E-state index < -0.39 is 0 Å². The Labute approximate surface area is 60.7 Å². The number of nitrogens with zero attached hydrogens (tertiary/aromatic N) is 1. The van der Waals surface area contributed by atoms with Gasteiger partial charge in [-0.3, -0.25) is 4.98 Å². The van der Waals surface area contributed by atoms with Gasteiger partial charge in [0.1, 0.15) is 0 Å². The van der Waals surface area contributed by atoms with E-state index in [1.807, 2.05) is 13.0 Å². The van der Waals surface area contributed by atoms with Crippen LogP contribution < -0.4 is 0 Å². The third-order valence-electron chi connectivity index (χ3n) is 0.842. The summed E-state index contributed by atoms with van der Waals surface area (Å²) in [6.45, 7) is 1.96. The lowest BCUT2D eigenvalue weighted by Gasteiger charge is -1.88. The number of hydrogen-bond donors (Lipinski definition) is 0. The molecule has 0 fully saturated rings. The first-order valence-corrected chi connectivity index (χ1v) is 2.74. The van der Waals surface area contributed by atoms with E-state index in [-0.39, 0.29) is 7.43 Å². The van der Waals surface area contributed by atoms with Crippen molar-refractivity contribution in [1.29, 1.82) is 0 Å². The molecule has 0 unspecified atom stereocenters. The van der Waals surface area contributed by atoms with Gasteiger partial charge in [0.05, 0.1) is 5.02 Å². The summed E-state index contributed by atoms with van der Waals surface area (Å²) in [4.78, 5) is 3.85. The maximum Gasteiger partial charge on any atom is 0.0591 e. The van der Waals surface area contributed by atoms with Crippen molar-refractivity contribution in [3.63, 3.8) is 0 Å². The zero-order valence-corrected chi connectivity index (χ0v) is 5.31. The van der Waals surface area contributed by atoms with Gasteiger partial charge >= 0.3 is 0 Å². The summed E-state index contributed by atoms with van der Waals surface area (Å²) in [5.41, 5.74) is 1.09. The third kappa shape index (κ3) is 2.47. The molecule has 0 atom stereocenters. The third-order valence-corrected chi connectivity index (χ3v) is 1.05. The number of rotatable bonds is 0. The second-order valence-electron chi connectivity index (χ2n) is 1.68. The molecule has 1 aromatic heterocycles. The maximum absolute atomic E-state index is 5.58. The van der Waals surface area contributed by atoms with Gasteiger partial charge in [-0.15, -0.1) is 0 Å². The van der Waals surface area contributed by atoms with Gasteiger partial charge in [0.2, 0.25) is 0 Å². The van der Waals surface area contributed by atoms with Gasteiger partial charge in [-0.2, -0.15) is 0 Å². The highest BCUT2D eigenvalue weighted by atomic mass is 35.5. The number of halogens is 1. The molecule has 0 aliphatic heterocycles. The van der Waals surface area contributed by atoms with Crippen molar-refractivity contribution in [2.45, 2.75) is 14.4 Å². The van der Waals surface area contributed by atoms with Crippen molar-refractivity contribution in [2.24, 2.45) is 0 Å². The van der Waals surface area contributed by atoms with Crippen LogP contribution in [0.4, 0.5) is 0 Å². The topological polar surface area (TPSA) is 12.9 Å². The Balaban J connectivity index is 0.000000640. The molecule has 2 heteroatoms. The van der Waals surface area contributed by atoms with Crippen molar-refractivity contribution in [2.75, 3.05) is 0 Å². The second-order valence-corrected chi connectivity index (χ2v) is 2.12. The van der Waals surface area contributed by atoms with E-state index in [0.717, 1.165) is 5.56 Å². The standard InChI is InChI=1S/C6H6ClN.CH4/c1-5-2-6(7)4-8-3-5;/h2-4H,1H3;1H4. The Morgan fingerprint density at radius 2 is 2.11 bits per heavy atom. The van der Waals surface area contributed by atoms with Crippen LogP contribution in [0.5, 0.6) is 0 Å². The van der Waals surface area contributed by atoms with Crippen LogP contribution in [0.3, 0.4) is 0 Å². The van der Waals surface area contributed by atoms with Crippen LogP contribution in [0.25, 0.3) is 0 Å². The molecule has 50 valence electrons. The monoisotopic (exact) mass is 143 g/mol. The lowest BCUT2D eigenvalue weighted by molar-refractivity contribution is 1.27. The van der Waals surface area contributed by atoms with Crippen LogP contribution >= 0.6 is 11.6 Å². The lowest BCUT2D eigenvalue weighted by Crippen LogP contribution is -1.73. The molecule has 1 aromatic rings. The normalized spacial score (nSPS) is 8.22. The summed E-state index contributed by atoms with van der Waals surface area (Å²) in [5, 5.41) is 0.699. The van der Waals surface area contributed by atoms with Crippen molar-refractivity contribution in [3.05, 3.63) is 29.0 Å². The van der Waals surface area contributed by atoms with Crippen LogP contribution in [0, 0.1) is 6.92 Å². The molecule has 1 heterocycles. The number of hydrogen-bond acceptors (Lipinski definition) is 1. The van der Waals surface area contributed by atoms with E-state index in [4.69, 9.17) is 11.6 Å². The minimum atomic E-state index is 0. The molecule has 0 bridgehead atoms. The van der Waals surface area contributed by atoms with E-state index in [2.05, 4.69) is 4.98 Å². The van der Waals surface area contributed by atoms with Gasteiger partial charge in [0, 0.05) is 12.4 Å². The van der Waals surface area contributed by atoms with E-state index in [9.17, 15) is 0 Å². The van der Waals surface area contributed by atoms with Crippen molar-refractivity contribution in [3.8, 4) is 0 Å². The van der Waals surface area contributed by atoms with Gasteiger partial charge < -0.3 is 0 Å². The van der Waals surface area contributed by atoms with Crippen LogP contribution in [0.15, 0.2) is 18.5 Å². The minimum Gasteiger partial charge on any atom is -0.263 e. The van der Waals surface area contributed by atoms with Crippen molar-refractivity contribution < 1.29 is 0 Å². The second kappa shape index (κ2) is 3.46. The molecule has 0 saturated carbocycles. The Morgan fingerprint density at radius 3 is 2.44 bits per heavy atom. The smallest absolute Gasteiger partial charge is 0.0591 e. The fraction of sp³-hybridized carbons (Fsp3) is 0.286. The van der Waals surface area contributed by atoms with Crippen molar-refractivity contribution >= 4 is 11.6 Å². The van der Waals surface area contributed by atoms with Gasteiger partial charge in [0.15, 0.2) is 0 Å². The molecular formula is C7H10ClN. The van der Waals surface area contributed by atoms with Crippen LogP contribution in [0.1, 0.15) is 13.0 Å². The van der Waals surface area contributed by atoms with Gasteiger partial charge in [0.25, 0.3) is 0 Å². The van der Waals surface area contributed by atoms with Crippen LogP contribution in [0.2, 0.25) is 5.02 Å². The summed E-state index contributed by atoms with van der Waals surface area (Å²) < 4.78 is 0. The average molecular weight is 144 g/mol. The summed E-state index contributed by atoms with van der Waals surface area (Å²) in [5.74, 6) is 0. The van der Waals surface area contributed by atoms with Gasteiger partial charge in [-0.05, 0) is 18.6 Å². The predicted octanol–water partition coefficient (Wildman–Crippen LogP) is 2.68. The first-order valence-electron chi connectivity index (χ1n) is 2.36. The summed E-state index contributed by atoms with van der Waals surface area (Å²) >= 11 is 5.58. The molecule has 1 nitrogen and oxygen atoms in total. The largest absolute Gasteiger partial charge is 0.263 e. The highest BCUT2D eigenvalue weighted by molar-refractivity contribution is 6.30. The molecule has 0 radical (unpaired) electrons. The number of pyridine rings is 1. The van der Waals surface area contributed by atoms with Crippen LogP contribution in [-0.2, 0) is 0 Å². The van der Waals surface area contributed by atoms with Crippen molar-refractivity contribution in [1.82, 2.24) is 4.98 Å². The molecule has 0 saturated heterocycles. The minimum absolute atomic E-state index is 0. The Hall–Kier alpha value is -0.560. The predicted molar refractivity (Wildman–Crippen MR) is 40.7 cm³/mol. The molecule has 0 N–H and O–H groups in total. The first-order chi connectivity index (χ1) is 3.79. The molecule has 1 rings (SSSR count). The number of aryl methyl sites for hydroxylation is 1. The summed E-state index contributed by atoms with van der Waals surface area (Å²) in [7, 11) is 0. The molecule has 0 spiro atoms. The van der Waals surface area contributed by atoms with Gasteiger partial charge in [-0.1, -0.05) is 19.0 Å². The highest BCUT2D eigenvalue weighted by Gasteiger charge is 1.84. The molecular weight excluding hydrogens is 134 g/mol. The molecule has 0 aliphatic rings. The SMILES string of the molecule is C.Cc1cncc(Cl)c1. The fourth-order valence-corrected chi connectivity index (χ4v) is 0.747. The molecule has 0 aromatic carbocycles. The zero-order chi connectivity index (χ0) is 5.98. The fourth-order valence-electron chi connectivity index (χ4n) is 0.518. The summed E-state index contributed by atoms with van der Waals surface area (Å²) in [6, 6.07) is 1.87. The molecule has 9 heavy (non-hydrogen) atoms. The van der Waals surface area contributed by atoms with E-state index in [1.54, 1.807) is 12.4 Å². The maximum atomic E-state index is 5.58. The Morgan fingerprint density at radius 1 is 1.44 bits per heavy atom. The lowest BCUT2D eigenvalue weighted by atomic mass is 10.3. The Kier molecular flexibility index (Phi) is 3.25. The summed E-state index contributed by atoms with van der Waals surface area (Å²) in [6.07, 6.45) is 3.39. The molecule has 0 amide bonds. The van der Waals surface area contributed by atoms with Gasteiger partial charge in [-0.25, -0.2) is 0 Å². The highest BCUT2D eigenvalue weighted by Crippen LogP contribution is 2.05. The quantitative estimate of drug-likeness (QED) is 0.544. The first kappa shape index (κ1) is 8.44. The van der Waals surface area contributed by atoms with E-state index in [0.29, 0.717) is 5.02 Å². The zero-order valence-electron chi connectivity index (χ0n) is 4.56. The van der Waals surface area contributed by atoms with Crippen LogP contribution in [-0.4, -0.2) is 4.98 Å². The molecule has 0 aliphatic carbocycles. The Bertz CT molecular complexity index is 169. The average Bonchev–Trinajstić information content (AvgIpc) is 1.64. The number of aromatic nitrogens is 1. The van der Waals surface area contributed by atoms with E-state index >= 15 is 0 Å². The van der Waals surface area contributed by atoms with E-state index in [1.165, 1.54) is 0 Å².